The minimum Gasteiger partial charge on any atom is -0.378 e. The second-order valence-corrected chi connectivity index (χ2v) is 7.26. The lowest BCUT2D eigenvalue weighted by atomic mass is 10.2. The molecule has 0 spiro atoms. The van der Waals surface area contributed by atoms with Gasteiger partial charge in [0.25, 0.3) is 0 Å². The van der Waals surface area contributed by atoms with Crippen LogP contribution in [-0.2, 0) is 9.59 Å². The van der Waals surface area contributed by atoms with Crippen molar-refractivity contribution in [1.82, 2.24) is 0 Å². The van der Waals surface area contributed by atoms with Crippen molar-refractivity contribution in [3.63, 3.8) is 0 Å². The summed E-state index contributed by atoms with van der Waals surface area (Å²) in [6.45, 7) is 0. The van der Waals surface area contributed by atoms with Gasteiger partial charge in [-0.05, 0) is 42.8 Å². The van der Waals surface area contributed by atoms with Crippen LogP contribution in [0.3, 0.4) is 0 Å². The van der Waals surface area contributed by atoms with Crippen LogP contribution in [0.4, 0.5) is 17.1 Å². The molecule has 1 aliphatic carbocycles. The van der Waals surface area contributed by atoms with Crippen molar-refractivity contribution in [2.45, 2.75) is 6.42 Å². The molecule has 2 aromatic carbocycles. The van der Waals surface area contributed by atoms with Gasteiger partial charge in [-0.1, -0.05) is 29.3 Å². The molecule has 5 nitrogen and oxygen atoms in total. The first-order valence-electron chi connectivity index (χ1n) is 8.20. The number of rotatable bonds is 5. The number of anilines is 3. The van der Waals surface area contributed by atoms with Gasteiger partial charge in [-0.25, -0.2) is 0 Å². The van der Waals surface area contributed by atoms with Gasteiger partial charge in [0.05, 0.1) is 27.6 Å². The Balaban J connectivity index is 1.56. The Hall–Kier alpha value is -2.24. The molecule has 3 rings (SSSR count). The van der Waals surface area contributed by atoms with Crippen LogP contribution >= 0.6 is 23.2 Å². The number of benzene rings is 2. The molecular formula is C19H19Cl2N3O2. The number of carbonyl (C=O) groups excluding carboxylic acids is 2. The third kappa shape index (κ3) is 4.11. The molecule has 0 saturated heterocycles. The topological polar surface area (TPSA) is 61.4 Å². The smallest absolute Gasteiger partial charge is 0.228 e. The fraction of sp³-hybridized carbons (Fsp3) is 0.263. The van der Waals surface area contributed by atoms with E-state index in [4.69, 9.17) is 23.2 Å². The van der Waals surface area contributed by atoms with Crippen LogP contribution in [0.2, 0.25) is 10.0 Å². The number of nitrogens with zero attached hydrogens (tertiary/aromatic N) is 1. The molecule has 2 atom stereocenters. The summed E-state index contributed by atoms with van der Waals surface area (Å²) in [5.41, 5.74) is 2.21. The molecule has 2 amide bonds. The molecule has 1 fully saturated rings. The van der Waals surface area contributed by atoms with E-state index in [-0.39, 0.29) is 23.7 Å². The van der Waals surface area contributed by atoms with E-state index in [1.807, 2.05) is 43.3 Å². The molecular weight excluding hydrogens is 373 g/mol. The van der Waals surface area contributed by atoms with Crippen molar-refractivity contribution in [2.24, 2.45) is 11.8 Å². The highest BCUT2D eigenvalue weighted by molar-refractivity contribution is 6.44. The number of carbonyl (C=O) groups is 2. The number of amides is 2. The lowest BCUT2D eigenvalue weighted by Crippen LogP contribution is -2.20. The van der Waals surface area contributed by atoms with E-state index in [0.717, 1.165) is 5.69 Å². The SMILES string of the molecule is CN(C)c1ccc(NC(=O)C2CC2C(=O)Nc2cccc(Cl)c2Cl)cc1. The molecule has 2 N–H and O–H groups in total. The van der Waals surface area contributed by atoms with Crippen molar-refractivity contribution < 1.29 is 9.59 Å². The van der Waals surface area contributed by atoms with Gasteiger partial charge in [-0.3, -0.25) is 9.59 Å². The minimum atomic E-state index is -0.355. The summed E-state index contributed by atoms with van der Waals surface area (Å²) in [5, 5.41) is 6.26. The molecule has 0 heterocycles. The van der Waals surface area contributed by atoms with E-state index in [1.165, 1.54) is 0 Å². The van der Waals surface area contributed by atoms with E-state index in [9.17, 15) is 9.59 Å². The predicted octanol–water partition coefficient (Wildman–Crippen LogP) is 4.27. The maximum Gasteiger partial charge on any atom is 0.228 e. The molecule has 7 heteroatoms. The zero-order valence-electron chi connectivity index (χ0n) is 14.4. The summed E-state index contributed by atoms with van der Waals surface area (Å²) in [5.74, 6) is -1.07. The highest BCUT2D eigenvalue weighted by Gasteiger charge is 2.48. The molecule has 2 aromatic rings. The van der Waals surface area contributed by atoms with Crippen molar-refractivity contribution >= 4 is 52.1 Å². The quantitative estimate of drug-likeness (QED) is 0.799. The summed E-state index contributed by atoms with van der Waals surface area (Å²) in [7, 11) is 3.90. The molecule has 1 aliphatic rings. The van der Waals surface area contributed by atoms with Crippen molar-refractivity contribution in [1.29, 1.82) is 0 Å². The minimum absolute atomic E-state index is 0.153. The Kier molecular flexibility index (Phi) is 5.39. The zero-order chi connectivity index (χ0) is 18.8. The highest BCUT2D eigenvalue weighted by atomic mass is 35.5. The fourth-order valence-corrected chi connectivity index (χ4v) is 3.03. The maximum absolute atomic E-state index is 12.3. The Bertz CT molecular complexity index is 837. The molecule has 0 aromatic heterocycles. The van der Waals surface area contributed by atoms with Crippen LogP contribution in [0.5, 0.6) is 0 Å². The monoisotopic (exact) mass is 391 g/mol. The van der Waals surface area contributed by atoms with Crippen molar-refractivity contribution in [2.75, 3.05) is 29.6 Å². The van der Waals surface area contributed by atoms with Gasteiger partial charge in [0.2, 0.25) is 11.8 Å². The summed E-state index contributed by atoms with van der Waals surface area (Å²) in [4.78, 5) is 26.6. The molecule has 0 aliphatic heterocycles. The highest BCUT2D eigenvalue weighted by Crippen LogP contribution is 2.41. The normalized spacial score (nSPS) is 18.2. The molecule has 2 unspecified atom stereocenters. The number of hydrogen-bond donors (Lipinski definition) is 2. The van der Waals surface area contributed by atoms with Crippen LogP contribution in [0.15, 0.2) is 42.5 Å². The van der Waals surface area contributed by atoms with Gasteiger partial charge in [0.15, 0.2) is 0 Å². The standard InChI is InChI=1S/C19H19Cl2N3O2/c1-24(2)12-8-6-11(7-9-12)22-18(25)13-10-14(13)19(26)23-16-5-3-4-15(20)17(16)21/h3-9,13-14H,10H2,1-2H3,(H,22,25)(H,23,26). The van der Waals surface area contributed by atoms with Gasteiger partial charge < -0.3 is 15.5 Å². The van der Waals surface area contributed by atoms with E-state index >= 15 is 0 Å². The molecule has 0 radical (unpaired) electrons. The van der Waals surface area contributed by atoms with Crippen molar-refractivity contribution in [3.8, 4) is 0 Å². The Morgan fingerprint density at radius 3 is 2.19 bits per heavy atom. The number of nitrogens with one attached hydrogen (secondary N) is 2. The summed E-state index contributed by atoms with van der Waals surface area (Å²) in [6, 6.07) is 12.6. The van der Waals surface area contributed by atoms with Crippen LogP contribution in [0.25, 0.3) is 0 Å². The fourth-order valence-electron chi connectivity index (χ4n) is 2.68. The van der Waals surface area contributed by atoms with E-state index in [2.05, 4.69) is 10.6 Å². The van der Waals surface area contributed by atoms with Gasteiger partial charge in [-0.15, -0.1) is 0 Å². The van der Waals surface area contributed by atoms with E-state index in [0.29, 0.717) is 27.8 Å². The maximum atomic E-state index is 12.3. The summed E-state index contributed by atoms with van der Waals surface area (Å²) < 4.78 is 0. The molecule has 136 valence electrons. The van der Waals surface area contributed by atoms with E-state index in [1.54, 1.807) is 18.2 Å². The second kappa shape index (κ2) is 7.56. The van der Waals surface area contributed by atoms with Crippen LogP contribution in [0, 0.1) is 11.8 Å². The average Bonchev–Trinajstić information content (AvgIpc) is 3.40. The van der Waals surface area contributed by atoms with Gasteiger partial charge >= 0.3 is 0 Å². The third-order valence-electron chi connectivity index (χ3n) is 4.32. The summed E-state index contributed by atoms with van der Waals surface area (Å²) in [6.07, 6.45) is 0.519. The zero-order valence-corrected chi connectivity index (χ0v) is 15.9. The lowest BCUT2D eigenvalue weighted by Gasteiger charge is -2.13. The van der Waals surface area contributed by atoms with Gasteiger partial charge in [0.1, 0.15) is 0 Å². The largest absolute Gasteiger partial charge is 0.378 e. The Morgan fingerprint density at radius 1 is 0.962 bits per heavy atom. The first kappa shape index (κ1) is 18.5. The molecule has 1 saturated carbocycles. The van der Waals surface area contributed by atoms with Crippen LogP contribution in [0.1, 0.15) is 6.42 Å². The summed E-state index contributed by atoms with van der Waals surface area (Å²) >= 11 is 12.0. The third-order valence-corrected chi connectivity index (χ3v) is 5.14. The first-order valence-corrected chi connectivity index (χ1v) is 8.95. The van der Waals surface area contributed by atoms with Crippen molar-refractivity contribution in [3.05, 3.63) is 52.5 Å². The average molecular weight is 392 g/mol. The molecule has 0 bridgehead atoms. The van der Waals surface area contributed by atoms with Crippen LogP contribution in [-0.4, -0.2) is 25.9 Å². The Morgan fingerprint density at radius 2 is 1.58 bits per heavy atom. The lowest BCUT2D eigenvalue weighted by molar-refractivity contribution is -0.122. The van der Waals surface area contributed by atoms with Crippen LogP contribution < -0.4 is 15.5 Å². The van der Waals surface area contributed by atoms with Gasteiger partial charge in [-0.2, -0.15) is 0 Å². The first-order chi connectivity index (χ1) is 12.4. The van der Waals surface area contributed by atoms with E-state index < -0.39 is 0 Å². The molecule has 26 heavy (non-hydrogen) atoms. The second-order valence-electron chi connectivity index (χ2n) is 6.47. The number of halogens is 2. The predicted molar refractivity (Wildman–Crippen MR) is 106 cm³/mol. The number of hydrogen-bond acceptors (Lipinski definition) is 3. The van der Waals surface area contributed by atoms with Gasteiger partial charge in [0, 0.05) is 25.5 Å². The Labute approximate surface area is 162 Å².